The lowest BCUT2D eigenvalue weighted by Crippen LogP contribution is -2.31. The van der Waals surface area contributed by atoms with E-state index in [1.807, 2.05) is 54.4 Å². The zero-order chi connectivity index (χ0) is 17.2. The first kappa shape index (κ1) is 18.0. The molecule has 126 valence electrons. The van der Waals surface area contributed by atoms with Crippen molar-refractivity contribution in [2.45, 2.75) is 6.92 Å². The van der Waals surface area contributed by atoms with E-state index in [0.717, 1.165) is 22.1 Å². The lowest BCUT2D eigenvalue weighted by Gasteiger charge is -2.39. The van der Waals surface area contributed by atoms with E-state index >= 15 is 0 Å². The standard InChI is InChI=1S/C17H27N4OP/c1-14-12-13-15-10-8-9-11-16(15)17(14)22-18-23(19(2)3,20(4)5)21(6)7/h8-13H,1-7H3. The summed E-state index contributed by atoms with van der Waals surface area (Å²) in [4.78, 5) is 10.8. The van der Waals surface area contributed by atoms with Crippen molar-refractivity contribution in [1.29, 1.82) is 0 Å². The molecule has 0 bridgehead atoms. The summed E-state index contributed by atoms with van der Waals surface area (Å²) >= 11 is 0. The quantitative estimate of drug-likeness (QED) is 0.609. The van der Waals surface area contributed by atoms with E-state index < -0.39 is 7.51 Å². The van der Waals surface area contributed by atoms with Crippen molar-refractivity contribution in [2.75, 3.05) is 42.3 Å². The van der Waals surface area contributed by atoms with Gasteiger partial charge in [0.15, 0.2) is 5.75 Å². The fraction of sp³-hybridized carbons (Fsp3) is 0.412. The Morgan fingerprint density at radius 2 is 1.39 bits per heavy atom. The predicted octanol–water partition coefficient (Wildman–Crippen LogP) is 4.07. The van der Waals surface area contributed by atoms with Crippen LogP contribution in [0.3, 0.4) is 0 Å². The van der Waals surface area contributed by atoms with Crippen molar-refractivity contribution in [2.24, 2.45) is 4.91 Å². The molecule has 0 aliphatic carbocycles. The molecule has 0 atom stereocenters. The van der Waals surface area contributed by atoms with Gasteiger partial charge < -0.3 is 4.84 Å². The highest BCUT2D eigenvalue weighted by Crippen LogP contribution is 2.55. The van der Waals surface area contributed by atoms with Crippen LogP contribution in [0.2, 0.25) is 0 Å². The number of nitrogens with zero attached hydrogens (tertiary/aromatic N) is 4. The van der Waals surface area contributed by atoms with Gasteiger partial charge in [0.05, 0.1) is 0 Å². The first-order valence-electron chi connectivity index (χ1n) is 7.61. The van der Waals surface area contributed by atoms with Gasteiger partial charge in [0.1, 0.15) is 0 Å². The molecule has 0 spiro atoms. The second-order valence-corrected chi connectivity index (χ2v) is 9.82. The van der Waals surface area contributed by atoms with Crippen LogP contribution in [0.25, 0.3) is 10.8 Å². The van der Waals surface area contributed by atoms with E-state index in [1.165, 1.54) is 0 Å². The molecular formula is C17H27N4OP. The molecule has 0 unspecified atom stereocenters. The smallest absolute Gasteiger partial charge is 0.210 e. The highest BCUT2D eigenvalue weighted by Gasteiger charge is 2.30. The first-order chi connectivity index (χ1) is 10.8. The number of aryl methyl sites for hydroxylation is 1. The summed E-state index contributed by atoms with van der Waals surface area (Å²) < 4.78 is 6.40. The molecular weight excluding hydrogens is 307 g/mol. The van der Waals surface area contributed by atoms with E-state index in [0.29, 0.717) is 0 Å². The molecule has 0 aliphatic heterocycles. The maximum Gasteiger partial charge on any atom is 0.210 e. The summed E-state index contributed by atoms with van der Waals surface area (Å²) in [5.74, 6) is 0.832. The summed E-state index contributed by atoms with van der Waals surface area (Å²) in [6, 6.07) is 12.4. The fourth-order valence-electron chi connectivity index (χ4n) is 2.86. The van der Waals surface area contributed by atoms with Crippen LogP contribution in [0.15, 0.2) is 41.3 Å². The van der Waals surface area contributed by atoms with Crippen LogP contribution in [0.1, 0.15) is 5.56 Å². The molecule has 0 aliphatic rings. The minimum absolute atomic E-state index is 0.832. The summed E-state index contributed by atoms with van der Waals surface area (Å²) in [5, 5.41) is 2.25. The van der Waals surface area contributed by atoms with Crippen molar-refractivity contribution in [3.8, 4) is 5.75 Å². The monoisotopic (exact) mass is 334 g/mol. The van der Waals surface area contributed by atoms with Crippen LogP contribution in [0, 0.1) is 6.92 Å². The molecule has 0 fully saturated rings. The third-order valence-electron chi connectivity index (χ3n) is 3.93. The Kier molecular flexibility index (Phi) is 5.48. The molecule has 6 heteroatoms. The average Bonchev–Trinajstić information content (AvgIpc) is 2.48. The molecule has 5 nitrogen and oxygen atoms in total. The number of hydrogen-bond acceptors (Lipinski definition) is 2. The van der Waals surface area contributed by atoms with Gasteiger partial charge in [0.2, 0.25) is 7.51 Å². The van der Waals surface area contributed by atoms with Gasteiger partial charge in [0.25, 0.3) is 0 Å². The summed E-state index contributed by atoms with van der Waals surface area (Å²) in [5.41, 5.74) is 1.09. The van der Waals surface area contributed by atoms with E-state index in [1.54, 1.807) is 0 Å². The van der Waals surface area contributed by atoms with Gasteiger partial charge in [-0.25, -0.2) is 14.0 Å². The van der Waals surface area contributed by atoms with E-state index in [-0.39, 0.29) is 0 Å². The second kappa shape index (κ2) is 7.02. The topological polar surface area (TPSA) is 31.3 Å². The summed E-state index contributed by atoms with van der Waals surface area (Å²) in [7, 11) is 10.2. The number of rotatable bonds is 5. The maximum atomic E-state index is 6.05. The molecule has 0 N–H and O–H groups in total. The highest BCUT2D eigenvalue weighted by molar-refractivity contribution is 7.58. The Morgan fingerprint density at radius 3 is 1.96 bits per heavy atom. The molecule has 0 amide bonds. The van der Waals surface area contributed by atoms with Crippen LogP contribution >= 0.6 is 7.51 Å². The molecule has 0 aromatic heterocycles. The Balaban J connectivity index is 2.59. The van der Waals surface area contributed by atoms with Crippen molar-refractivity contribution in [3.63, 3.8) is 0 Å². The third-order valence-corrected chi connectivity index (χ3v) is 7.45. The number of benzene rings is 2. The molecule has 0 radical (unpaired) electrons. The van der Waals surface area contributed by atoms with Crippen molar-refractivity contribution in [3.05, 3.63) is 42.0 Å². The van der Waals surface area contributed by atoms with Gasteiger partial charge in [-0.15, -0.1) is 0 Å². The zero-order valence-electron chi connectivity index (χ0n) is 15.1. The Labute approximate surface area is 139 Å². The number of hydrogen-bond donors (Lipinski definition) is 0. The lowest BCUT2D eigenvalue weighted by molar-refractivity contribution is 0.325. The Hall–Kier alpha value is -1.39. The lowest BCUT2D eigenvalue weighted by atomic mass is 10.1. The van der Waals surface area contributed by atoms with Gasteiger partial charge in [-0.3, -0.25) is 0 Å². The van der Waals surface area contributed by atoms with E-state index in [9.17, 15) is 0 Å². The van der Waals surface area contributed by atoms with Gasteiger partial charge in [-0.05, 0) is 60.2 Å². The fourth-order valence-corrected chi connectivity index (χ4v) is 5.64. The average molecular weight is 334 g/mol. The highest BCUT2D eigenvalue weighted by atomic mass is 31.2. The third kappa shape index (κ3) is 3.29. The van der Waals surface area contributed by atoms with Crippen molar-refractivity contribution >= 4 is 18.3 Å². The van der Waals surface area contributed by atoms with Crippen LogP contribution in [-0.4, -0.2) is 56.3 Å². The molecule has 2 rings (SSSR count). The Morgan fingerprint density at radius 1 is 0.826 bits per heavy atom. The summed E-state index contributed by atoms with van der Waals surface area (Å²) in [6.45, 7) is 2.05. The summed E-state index contributed by atoms with van der Waals surface area (Å²) in [6.07, 6.45) is 0. The first-order valence-corrected chi connectivity index (χ1v) is 9.21. The van der Waals surface area contributed by atoms with Crippen LogP contribution in [0.5, 0.6) is 5.75 Å². The number of fused-ring (bicyclic) bond motifs is 1. The van der Waals surface area contributed by atoms with Gasteiger partial charge in [0, 0.05) is 5.39 Å². The largest absolute Gasteiger partial charge is 0.354 e. The van der Waals surface area contributed by atoms with E-state index in [2.05, 4.69) is 45.2 Å². The Bertz CT molecular complexity index is 712. The van der Waals surface area contributed by atoms with Gasteiger partial charge in [-0.2, -0.15) is 0 Å². The normalized spacial score (nSPS) is 12.4. The van der Waals surface area contributed by atoms with Crippen molar-refractivity contribution < 1.29 is 4.84 Å². The molecule has 0 saturated carbocycles. The molecule has 0 saturated heterocycles. The van der Waals surface area contributed by atoms with Gasteiger partial charge in [-0.1, -0.05) is 41.3 Å². The second-order valence-electron chi connectivity index (χ2n) is 6.18. The molecule has 0 heterocycles. The van der Waals surface area contributed by atoms with Crippen LogP contribution in [0.4, 0.5) is 0 Å². The van der Waals surface area contributed by atoms with Crippen LogP contribution < -0.4 is 4.84 Å². The molecule has 23 heavy (non-hydrogen) atoms. The molecule has 2 aromatic carbocycles. The molecule has 2 aromatic rings. The van der Waals surface area contributed by atoms with Crippen molar-refractivity contribution in [1.82, 2.24) is 14.0 Å². The van der Waals surface area contributed by atoms with Crippen LogP contribution in [-0.2, 0) is 0 Å². The maximum absolute atomic E-state index is 6.05. The zero-order valence-corrected chi connectivity index (χ0v) is 16.0. The van der Waals surface area contributed by atoms with E-state index in [4.69, 9.17) is 9.75 Å². The SMILES string of the molecule is Cc1ccc2ccccc2c1ON=P(N(C)C)(N(C)C)N(C)C. The predicted molar refractivity (Wildman–Crippen MR) is 99.7 cm³/mol. The minimum atomic E-state index is -2.07. The minimum Gasteiger partial charge on any atom is -0.354 e. The van der Waals surface area contributed by atoms with Gasteiger partial charge >= 0.3 is 0 Å².